The van der Waals surface area contributed by atoms with Crippen LogP contribution in [0, 0.1) is 5.82 Å². The van der Waals surface area contributed by atoms with Crippen molar-refractivity contribution in [3.05, 3.63) is 50.6 Å². The van der Waals surface area contributed by atoms with Gasteiger partial charge in [-0.1, -0.05) is 22.8 Å². The molecule has 2 heterocycles. The van der Waals surface area contributed by atoms with E-state index in [0.29, 0.717) is 10.6 Å². The maximum Gasteiger partial charge on any atom is 0.341 e. The normalized spacial score (nSPS) is 17.7. The van der Waals surface area contributed by atoms with Gasteiger partial charge in [0.25, 0.3) is 5.91 Å². The van der Waals surface area contributed by atoms with Crippen LogP contribution in [-0.4, -0.2) is 30.8 Å². The number of thiophene rings is 1. The van der Waals surface area contributed by atoms with E-state index < -0.39 is 23.8 Å². The third-order valence-electron chi connectivity index (χ3n) is 4.76. The number of aryl methyl sites for hydroxylation is 1. The van der Waals surface area contributed by atoms with Gasteiger partial charge in [-0.15, -0.1) is 11.3 Å². The largest absolute Gasteiger partial charge is 0.465 e. The molecule has 0 radical (unpaired) electrons. The Morgan fingerprint density at radius 3 is 2.96 bits per heavy atom. The Morgan fingerprint density at radius 2 is 2.21 bits per heavy atom. The van der Waals surface area contributed by atoms with Gasteiger partial charge in [0.15, 0.2) is 0 Å². The first-order valence-corrected chi connectivity index (χ1v) is 9.89. The molecule has 1 aromatic carbocycles. The Morgan fingerprint density at radius 1 is 1.39 bits per heavy atom. The lowest BCUT2D eigenvalue weighted by molar-refractivity contribution is -0.125. The van der Waals surface area contributed by atoms with Crippen LogP contribution in [0.1, 0.15) is 39.2 Å². The van der Waals surface area contributed by atoms with Gasteiger partial charge < -0.3 is 14.9 Å². The molecule has 146 valence electrons. The smallest absolute Gasteiger partial charge is 0.341 e. The van der Waals surface area contributed by atoms with Crippen LogP contribution in [-0.2, 0) is 27.2 Å². The highest BCUT2D eigenvalue weighted by Crippen LogP contribution is 2.39. The molecule has 6 nitrogen and oxygen atoms in total. The van der Waals surface area contributed by atoms with Crippen molar-refractivity contribution in [2.24, 2.45) is 5.16 Å². The van der Waals surface area contributed by atoms with Gasteiger partial charge >= 0.3 is 5.97 Å². The zero-order chi connectivity index (χ0) is 19.8. The Kier molecular flexibility index (Phi) is 5.07. The van der Waals surface area contributed by atoms with Crippen LogP contribution in [0.3, 0.4) is 0 Å². The fourth-order valence-corrected chi connectivity index (χ4v) is 4.99. The molecule has 0 bridgehead atoms. The molecule has 1 atom stereocenters. The van der Waals surface area contributed by atoms with Crippen LogP contribution in [0.25, 0.3) is 0 Å². The molecule has 0 spiro atoms. The molecule has 0 saturated heterocycles. The van der Waals surface area contributed by atoms with E-state index >= 15 is 0 Å². The molecule has 1 N–H and O–H groups in total. The molecular formula is C19H16ClFN2O4S. The molecule has 1 aliphatic carbocycles. The average molecular weight is 423 g/mol. The van der Waals surface area contributed by atoms with Gasteiger partial charge in [-0.2, -0.15) is 0 Å². The number of anilines is 1. The summed E-state index contributed by atoms with van der Waals surface area (Å²) in [4.78, 5) is 31.2. The number of oxime groups is 1. The fraction of sp³-hybridized carbons (Fsp3) is 0.316. The molecule has 2 aromatic rings. The summed E-state index contributed by atoms with van der Waals surface area (Å²) in [7, 11) is 1.31. The Labute approximate surface area is 169 Å². The SMILES string of the molecule is COC(=O)c1c(NC(=O)C2CC(c3c(F)cccc3Cl)=NO2)sc2c1CCC2. The van der Waals surface area contributed by atoms with Gasteiger partial charge in [-0.3, -0.25) is 4.79 Å². The monoisotopic (exact) mass is 422 g/mol. The minimum absolute atomic E-state index is 0.0745. The second-order valence-electron chi connectivity index (χ2n) is 6.48. The number of hydrogen-bond acceptors (Lipinski definition) is 6. The number of carbonyl (C=O) groups excluding carboxylic acids is 2. The number of nitrogens with zero attached hydrogens (tertiary/aromatic N) is 1. The fourth-order valence-electron chi connectivity index (χ4n) is 3.44. The van der Waals surface area contributed by atoms with Crippen LogP contribution in [0.2, 0.25) is 5.02 Å². The van der Waals surface area contributed by atoms with Crippen molar-refractivity contribution < 1.29 is 23.6 Å². The van der Waals surface area contributed by atoms with Crippen molar-refractivity contribution in [1.82, 2.24) is 0 Å². The first-order valence-electron chi connectivity index (χ1n) is 8.70. The van der Waals surface area contributed by atoms with Crippen LogP contribution in [0.15, 0.2) is 23.4 Å². The number of esters is 1. The lowest BCUT2D eigenvalue weighted by Gasteiger charge is -2.10. The van der Waals surface area contributed by atoms with Crippen LogP contribution in [0.4, 0.5) is 9.39 Å². The van der Waals surface area contributed by atoms with E-state index in [1.54, 1.807) is 6.07 Å². The first kappa shape index (κ1) is 18.9. The van der Waals surface area contributed by atoms with E-state index in [0.717, 1.165) is 29.7 Å². The molecule has 1 aliphatic heterocycles. The van der Waals surface area contributed by atoms with Crippen LogP contribution in [0.5, 0.6) is 0 Å². The molecule has 1 aromatic heterocycles. The molecule has 2 aliphatic rings. The van der Waals surface area contributed by atoms with Crippen molar-refractivity contribution in [3.8, 4) is 0 Å². The predicted octanol–water partition coefficient (Wildman–Crippen LogP) is 3.95. The number of ether oxygens (including phenoxy) is 1. The molecule has 9 heteroatoms. The molecule has 1 amide bonds. The molecule has 0 fully saturated rings. The van der Waals surface area contributed by atoms with Gasteiger partial charge in [0.2, 0.25) is 6.10 Å². The summed E-state index contributed by atoms with van der Waals surface area (Å²) < 4.78 is 19.0. The predicted molar refractivity (Wildman–Crippen MR) is 104 cm³/mol. The standard InChI is InChI=1S/C19H16ClFN2O4S/c1-26-19(25)15-9-4-2-7-14(9)28-18(15)22-17(24)13-8-12(23-27-13)16-10(20)5-3-6-11(16)21/h3,5-6,13H,2,4,7-8H2,1H3,(H,22,24). The number of carbonyl (C=O) groups is 2. The maximum absolute atomic E-state index is 14.1. The van der Waals surface area contributed by atoms with Gasteiger partial charge in [-0.05, 0) is 37.0 Å². The number of benzene rings is 1. The van der Waals surface area contributed by atoms with E-state index in [2.05, 4.69) is 10.5 Å². The summed E-state index contributed by atoms with van der Waals surface area (Å²) in [6.45, 7) is 0. The second-order valence-corrected chi connectivity index (χ2v) is 7.99. The number of amides is 1. The van der Waals surface area contributed by atoms with E-state index in [1.165, 1.54) is 30.6 Å². The Hall–Kier alpha value is -2.45. The highest BCUT2D eigenvalue weighted by molar-refractivity contribution is 7.17. The molecular weight excluding hydrogens is 407 g/mol. The van der Waals surface area contributed by atoms with Crippen molar-refractivity contribution in [2.45, 2.75) is 31.8 Å². The maximum atomic E-state index is 14.1. The minimum atomic E-state index is -0.937. The van der Waals surface area contributed by atoms with E-state index in [9.17, 15) is 14.0 Å². The lowest BCUT2D eigenvalue weighted by Crippen LogP contribution is -2.28. The highest BCUT2D eigenvalue weighted by atomic mass is 35.5. The van der Waals surface area contributed by atoms with Gasteiger partial charge in [-0.25, -0.2) is 9.18 Å². The number of halogens is 2. The summed E-state index contributed by atoms with van der Waals surface area (Å²) >= 11 is 7.43. The third-order valence-corrected chi connectivity index (χ3v) is 6.28. The van der Waals surface area contributed by atoms with Crippen molar-refractivity contribution in [3.63, 3.8) is 0 Å². The summed E-state index contributed by atoms with van der Waals surface area (Å²) in [5.74, 6) is -1.47. The quantitative estimate of drug-likeness (QED) is 0.757. The molecule has 0 saturated carbocycles. The topological polar surface area (TPSA) is 77.0 Å². The van der Waals surface area contributed by atoms with Gasteiger partial charge in [0.05, 0.1) is 29.0 Å². The van der Waals surface area contributed by atoms with Crippen LogP contribution < -0.4 is 5.32 Å². The highest BCUT2D eigenvalue weighted by Gasteiger charge is 2.34. The summed E-state index contributed by atoms with van der Waals surface area (Å²) in [5.41, 5.74) is 1.74. The lowest BCUT2D eigenvalue weighted by atomic mass is 10.0. The zero-order valence-corrected chi connectivity index (χ0v) is 16.5. The molecule has 4 rings (SSSR count). The van der Waals surface area contributed by atoms with Crippen LogP contribution >= 0.6 is 22.9 Å². The summed E-state index contributed by atoms with van der Waals surface area (Å²) in [6.07, 6.45) is 1.77. The average Bonchev–Trinajstić information content (AvgIpc) is 3.37. The third kappa shape index (κ3) is 3.27. The first-order chi connectivity index (χ1) is 13.5. The Bertz CT molecular complexity index is 984. The second kappa shape index (κ2) is 7.52. The summed E-state index contributed by atoms with van der Waals surface area (Å²) in [5, 5.41) is 7.24. The van der Waals surface area contributed by atoms with E-state index in [-0.39, 0.29) is 22.7 Å². The van der Waals surface area contributed by atoms with Gasteiger partial charge in [0.1, 0.15) is 10.8 Å². The number of rotatable bonds is 4. The number of nitrogens with one attached hydrogen (secondary N) is 1. The van der Waals surface area contributed by atoms with Crippen molar-refractivity contribution >= 4 is 45.5 Å². The van der Waals surface area contributed by atoms with Crippen molar-refractivity contribution in [2.75, 3.05) is 12.4 Å². The zero-order valence-electron chi connectivity index (χ0n) is 14.9. The molecule has 28 heavy (non-hydrogen) atoms. The van der Waals surface area contributed by atoms with Crippen molar-refractivity contribution in [1.29, 1.82) is 0 Å². The molecule has 1 unspecified atom stereocenters. The Balaban J connectivity index is 1.51. The number of methoxy groups -OCH3 is 1. The summed E-state index contributed by atoms with van der Waals surface area (Å²) in [6, 6.07) is 4.31. The van der Waals surface area contributed by atoms with E-state index in [4.69, 9.17) is 21.2 Å². The van der Waals surface area contributed by atoms with E-state index in [1.807, 2.05) is 0 Å². The number of fused-ring (bicyclic) bond motifs is 1. The van der Waals surface area contributed by atoms with Gasteiger partial charge in [0, 0.05) is 11.3 Å². The number of hydrogen-bond donors (Lipinski definition) is 1. The minimum Gasteiger partial charge on any atom is -0.465 e.